The fraction of sp³-hybridized carbons (Fsp3) is 0.545. The van der Waals surface area contributed by atoms with Gasteiger partial charge in [0.05, 0.1) is 18.8 Å². The van der Waals surface area contributed by atoms with Crippen LogP contribution in [-0.2, 0) is 4.74 Å². The van der Waals surface area contributed by atoms with Crippen LogP contribution in [0.4, 0.5) is 4.79 Å². The van der Waals surface area contributed by atoms with Crippen molar-refractivity contribution < 1.29 is 14.6 Å². The largest absolute Gasteiger partial charge is 0.465 e. The summed E-state index contributed by atoms with van der Waals surface area (Å²) < 4.78 is 5.51. The summed E-state index contributed by atoms with van der Waals surface area (Å²) in [5.41, 5.74) is -0.764. The van der Waals surface area contributed by atoms with Crippen LogP contribution in [0.25, 0.3) is 0 Å². The molecule has 1 aromatic rings. The minimum atomic E-state index is -0.956. The molecule has 1 N–H and O–H groups in total. The van der Waals surface area contributed by atoms with E-state index in [4.69, 9.17) is 4.74 Å². The van der Waals surface area contributed by atoms with Gasteiger partial charge in [-0.1, -0.05) is 0 Å². The van der Waals surface area contributed by atoms with Crippen molar-refractivity contribution in [3.63, 3.8) is 0 Å². The number of aromatic nitrogens is 2. The van der Waals surface area contributed by atoms with Crippen LogP contribution in [0.1, 0.15) is 13.8 Å². The van der Waals surface area contributed by atoms with E-state index in [1.807, 2.05) is 0 Å². The number of nitrogens with zero attached hydrogens (tertiary/aromatic N) is 3. The molecule has 1 aromatic heterocycles. The van der Waals surface area contributed by atoms with Crippen molar-refractivity contribution in [2.75, 3.05) is 12.4 Å². The highest BCUT2D eigenvalue weighted by molar-refractivity contribution is 7.99. The van der Waals surface area contributed by atoms with Gasteiger partial charge in [-0.3, -0.25) is 9.88 Å². The summed E-state index contributed by atoms with van der Waals surface area (Å²) in [5, 5.41) is 10.0. The van der Waals surface area contributed by atoms with Crippen LogP contribution < -0.4 is 0 Å². The molecule has 98 valence electrons. The second-order valence-corrected chi connectivity index (χ2v) is 5.46. The predicted molar refractivity (Wildman–Crippen MR) is 66.4 cm³/mol. The molecule has 1 aliphatic heterocycles. The van der Waals surface area contributed by atoms with E-state index in [9.17, 15) is 9.90 Å². The van der Waals surface area contributed by atoms with Crippen LogP contribution in [-0.4, -0.2) is 50.2 Å². The molecule has 18 heavy (non-hydrogen) atoms. The van der Waals surface area contributed by atoms with Gasteiger partial charge >= 0.3 is 6.09 Å². The van der Waals surface area contributed by atoms with Gasteiger partial charge in [0.15, 0.2) is 0 Å². The van der Waals surface area contributed by atoms with Gasteiger partial charge in [-0.05, 0) is 13.8 Å². The van der Waals surface area contributed by atoms with E-state index in [0.717, 1.165) is 5.03 Å². The Morgan fingerprint density at radius 3 is 3.06 bits per heavy atom. The highest BCUT2D eigenvalue weighted by Crippen LogP contribution is 2.30. The minimum absolute atomic E-state index is 0.162. The van der Waals surface area contributed by atoms with Crippen LogP contribution >= 0.6 is 11.8 Å². The molecule has 1 aliphatic rings. The Morgan fingerprint density at radius 2 is 2.44 bits per heavy atom. The topological polar surface area (TPSA) is 75.6 Å². The molecule has 0 bridgehead atoms. The second-order valence-electron chi connectivity index (χ2n) is 4.42. The molecule has 1 amide bonds. The Labute approximate surface area is 109 Å². The van der Waals surface area contributed by atoms with Gasteiger partial charge in [-0.2, -0.15) is 0 Å². The maximum Gasteiger partial charge on any atom is 0.409 e. The molecule has 1 fully saturated rings. The number of rotatable bonds is 3. The number of ether oxygens (including phenoxy) is 1. The SMILES string of the molecule is CC1(C)OC[C@H](CSc2cnccn2)N1C(=O)O. The fourth-order valence-corrected chi connectivity index (χ4v) is 2.81. The molecule has 6 nitrogen and oxygen atoms in total. The minimum Gasteiger partial charge on any atom is -0.465 e. The number of hydrogen-bond donors (Lipinski definition) is 1. The van der Waals surface area contributed by atoms with E-state index in [0.29, 0.717) is 12.4 Å². The van der Waals surface area contributed by atoms with Crippen molar-refractivity contribution in [3.8, 4) is 0 Å². The van der Waals surface area contributed by atoms with Gasteiger partial charge in [0, 0.05) is 18.1 Å². The van der Waals surface area contributed by atoms with Gasteiger partial charge in [-0.15, -0.1) is 11.8 Å². The van der Waals surface area contributed by atoms with Gasteiger partial charge < -0.3 is 9.84 Å². The Kier molecular flexibility index (Phi) is 3.72. The summed E-state index contributed by atoms with van der Waals surface area (Å²) in [6.07, 6.45) is 3.93. The lowest BCUT2D eigenvalue weighted by atomic mass is 10.2. The van der Waals surface area contributed by atoms with Crippen molar-refractivity contribution in [2.24, 2.45) is 0 Å². The van der Waals surface area contributed by atoms with Crippen LogP contribution in [0.15, 0.2) is 23.6 Å². The Bertz CT molecular complexity index is 427. The third kappa shape index (κ3) is 2.73. The van der Waals surface area contributed by atoms with Gasteiger partial charge in [-0.25, -0.2) is 9.78 Å². The molecule has 1 saturated heterocycles. The van der Waals surface area contributed by atoms with Crippen LogP contribution in [0.2, 0.25) is 0 Å². The average Bonchev–Trinajstić information content (AvgIpc) is 2.63. The Hall–Kier alpha value is -1.34. The maximum absolute atomic E-state index is 11.2. The second kappa shape index (κ2) is 5.11. The first kappa shape index (κ1) is 13.1. The number of carboxylic acid groups (broad SMARTS) is 1. The van der Waals surface area contributed by atoms with Crippen molar-refractivity contribution in [1.29, 1.82) is 0 Å². The summed E-state index contributed by atoms with van der Waals surface area (Å²) in [5.74, 6) is 0.606. The molecule has 0 aliphatic carbocycles. The monoisotopic (exact) mass is 269 g/mol. The smallest absolute Gasteiger partial charge is 0.409 e. The third-order valence-electron chi connectivity index (χ3n) is 2.74. The van der Waals surface area contributed by atoms with E-state index in [1.54, 1.807) is 32.4 Å². The fourth-order valence-electron chi connectivity index (χ4n) is 1.93. The van der Waals surface area contributed by atoms with E-state index in [-0.39, 0.29) is 6.04 Å². The molecule has 2 rings (SSSR count). The number of amides is 1. The van der Waals surface area contributed by atoms with E-state index < -0.39 is 11.8 Å². The zero-order valence-corrected chi connectivity index (χ0v) is 11.1. The lowest BCUT2D eigenvalue weighted by Crippen LogP contribution is -2.48. The first-order valence-corrected chi connectivity index (χ1v) is 6.54. The molecular formula is C11H15N3O3S. The summed E-state index contributed by atoms with van der Waals surface area (Å²) in [7, 11) is 0. The molecule has 1 atom stereocenters. The molecule has 2 heterocycles. The number of carbonyl (C=O) groups is 1. The normalized spacial score (nSPS) is 22.1. The van der Waals surface area contributed by atoms with Crippen molar-refractivity contribution >= 4 is 17.9 Å². The molecule has 0 radical (unpaired) electrons. The first-order valence-electron chi connectivity index (χ1n) is 5.56. The summed E-state index contributed by atoms with van der Waals surface area (Å²) >= 11 is 1.48. The van der Waals surface area contributed by atoms with E-state index in [2.05, 4.69) is 9.97 Å². The third-order valence-corrected chi connectivity index (χ3v) is 3.80. The van der Waals surface area contributed by atoms with Gasteiger partial charge in [0.1, 0.15) is 10.8 Å². The molecular weight excluding hydrogens is 254 g/mol. The lowest BCUT2D eigenvalue weighted by Gasteiger charge is -2.30. The highest BCUT2D eigenvalue weighted by Gasteiger charge is 2.43. The Balaban J connectivity index is 1.99. The zero-order valence-electron chi connectivity index (χ0n) is 10.2. The van der Waals surface area contributed by atoms with Crippen LogP contribution in [0, 0.1) is 0 Å². The molecule has 0 spiro atoms. The highest BCUT2D eigenvalue weighted by atomic mass is 32.2. The molecule has 0 saturated carbocycles. The summed E-state index contributed by atoms with van der Waals surface area (Å²) in [4.78, 5) is 20.7. The standard InChI is InChI=1S/C11H15N3O3S/c1-11(2)14(10(15)16)8(6-17-11)7-18-9-5-12-3-4-13-9/h3-5,8H,6-7H2,1-2H3,(H,15,16)/t8-/m1/s1. The summed E-state index contributed by atoms with van der Waals surface area (Å²) in [6, 6.07) is -0.162. The van der Waals surface area contributed by atoms with Crippen LogP contribution in [0.5, 0.6) is 0 Å². The summed E-state index contributed by atoms with van der Waals surface area (Å²) in [6.45, 7) is 3.93. The first-order chi connectivity index (χ1) is 8.50. The number of hydrogen-bond acceptors (Lipinski definition) is 5. The van der Waals surface area contributed by atoms with Crippen molar-refractivity contribution in [1.82, 2.24) is 14.9 Å². The number of thioether (sulfide) groups is 1. The zero-order chi connectivity index (χ0) is 13.2. The Morgan fingerprint density at radius 1 is 1.67 bits per heavy atom. The van der Waals surface area contributed by atoms with E-state index in [1.165, 1.54) is 16.7 Å². The maximum atomic E-state index is 11.2. The van der Waals surface area contributed by atoms with Gasteiger partial charge in [0.25, 0.3) is 0 Å². The average molecular weight is 269 g/mol. The van der Waals surface area contributed by atoms with E-state index >= 15 is 0 Å². The molecule has 7 heteroatoms. The predicted octanol–water partition coefficient (Wildman–Crippen LogP) is 1.68. The quantitative estimate of drug-likeness (QED) is 0.841. The van der Waals surface area contributed by atoms with Crippen LogP contribution in [0.3, 0.4) is 0 Å². The molecule has 0 aromatic carbocycles. The lowest BCUT2D eigenvalue weighted by molar-refractivity contribution is -0.0414. The van der Waals surface area contributed by atoms with Crippen molar-refractivity contribution in [2.45, 2.75) is 30.6 Å². The molecule has 0 unspecified atom stereocenters. The van der Waals surface area contributed by atoms with Gasteiger partial charge in [0.2, 0.25) is 0 Å². The van der Waals surface area contributed by atoms with Crippen molar-refractivity contribution in [3.05, 3.63) is 18.6 Å².